The number of aryl methyl sites for hydroxylation is 1. The van der Waals surface area contributed by atoms with Gasteiger partial charge in [-0.05, 0) is 50.6 Å². The summed E-state index contributed by atoms with van der Waals surface area (Å²) in [6.07, 6.45) is 2.06. The Kier molecular flexibility index (Phi) is 6.67. The summed E-state index contributed by atoms with van der Waals surface area (Å²) in [5.74, 6) is 1.11. The first-order valence-corrected chi connectivity index (χ1v) is 8.41. The molecule has 0 saturated heterocycles. The highest BCUT2D eigenvalue weighted by Gasteiger charge is 2.12. The number of unbranched alkanes of at least 4 members (excludes halogenated alkanes) is 1. The molecular weight excluding hydrogens is 302 g/mol. The molecule has 2 rings (SSSR count). The Morgan fingerprint density at radius 2 is 1.75 bits per heavy atom. The molecule has 0 heterocycles. The maximum absolute atomic E-state index is 12.4. The number of carbonyl (C=O) groups excluding carboxylic acids is 1. The Hall–Kier alpha value is -2.49. The SMILES string of the molecule is CCCCOc1ccc(C(=O)Nc2ccc(C)cc2)cc1OCC. The van der Waals surface area contributed by atoms with Gasteiger partial charge in [0.15, 0.2) is 11.5 Å². The van der Waals surface area contributed by atoms with E-state index in [0.29, 0.717) is 30.3 Å². The molecule has 0 atom stereocenters. The van der Waals surface area contributed by atoms with Crippen molar-refractivity contribution in [3.63, 3.8) is 0 Å². The van der Waals surface area contributed by atoms with Gasteiger partial charge in [-0.25, -0.2) is 0 Å². The molecule has 0 aliphatic carbocycles. The third-order valence-electron chi connectivity index (χ3n) is 3.57. The second-order valence-electron chi connectivity index (χ2n) is 5.62. The summed E-state index contributed by atoms with van der Waals surface area (Å²) in [6.45, 7) is 7.20. The summed E-state index contributed by atoms with van der Waals surface area (Å²) in [5.41, 5.74) is 2.47. The van der Waals surface area contributed by atoms with Crippen LogP contribution in [0.2, 0.25) is 0 Å². The molecule has 0 spiro atoms. The summed E-state index contributed by atoms with van der Waals surface area (Å²) in [7, 11) is 0. The number of nitrogens with one attached hydrogen (secondary N) is 1. The van der Waals surface area contributed by atoms with Crippen LogP contribution < -0.4 is 14.8 Å². The van der Waals surface area contributed by atoms with E-state index in [-0.39, 0.29) is 5.91 Å². The summed E-state index contributed by atoms with van der Waals surface area (Å²) in [5, 5.41) is 2.89. The fourth-order valence-corrected chi connectivity index (χ4v) is 2.20. The summed E-state index contributed by atoms with van der Waals surface area (Å²) >= 11 is 0. The third kappa shape index (κ3) is 5.01. The normalized spacial score (nSPS) is 10.3. The zero-order valence-electron chi connectivity index (χ0n) is 14.6. The van der Waals surface area contributed by atoms with E-state index in [1.54, 1.807) is 18.2 Å². The molecule has 0 bridgehead atoms. The van der Waals surface area contributed by atoms with E-state index in [2.05, 4.69) is 12.2 Å². The van der Waals surface area contributed by atoms with Crippen molar-refractivity contribution >= 4 is 11.6 Å². The Morgan fingerprint density at radius 3 is 2.42 bits per heavy atom. The van der Waals surface area contributed by atoms with E-state index in [0.717, 1.165) is 24.1 Å². The number of hydrogen-bond donors (Lipinski definition) is 1. The topological polar surface area (TPSA) is 47.6 Å². The number of hydrogen-bond acceptors (Lipinski definition) is 3. The minimum Gasteiger partial charge on any atom is -0.490 e. The van der Waals surface area contributed by atoms with Gasteiger partial charge in [0, 0.05) is 11.3 Å². The van der Waals surface area contributed by atoms with Crippen LogP contribution >= 0.6 is 0 Å². The average molecular weight is 327 g/mol. The van der Waals surface area contributed by atoms with Crippen molar-refractivity contribution < 1.29 is 14.3 Å². The summed E-state index contributed by atoms with van der Waals surface area (Å²) in [6, 6.07) is 13.0. The van der Waals surface area contributed by atoms with Gasteiger partial charge in [0.05, 0.1) is 13.2 Å². The van der Waals surface area contributed by atoms with Gasteiger partial charge in [0.25, 0.3) is 5.91 Å². The Labute approximate surface area is 143 Å². The lowest BCUT2D eigenvalue weighted by molar-refractivity contribution is 0.102. The second-order valence-corrected chi connectivity index (χ2v) is 5.62. The molecule has 4 nitrogen and oxygen atoms in total. The van der Waals surface area contributed by atoms with E-state index in [9.17, 15) is 4.79 Å². The molecule has 24 heavy (non-hydrogen) atoms. The van der Waals surface area contributed by atoms with Gasteiger partial charge in [-0.2, -0.15) is 0 Å². The molecule has 0 saturated carbocycles. The van der Waals surface area contributed by atoms with Crippen LogP contribution in [-0.2, 0) is 0 Å². The fourth-order valence-electron chi connectivity index (χ4n) is 2.20. The van der Waals surface area contributed by atoms with Gasteiger partial charge < -0.3 is 14.8 Å². The molecule has 0 unspecified atom stereocenters. The van der Waals surface area contributed by atoms with E-state index in [4.69, 9.17) is 9.47 Å². The number of rotatable bonds is 8. The number of benzene rings is 2. The van der Waals surface area contributed by atoms with E-state index in [1.807, 2.05) is 38.1 Å². The zero-order valence-corrected chi connectivity index (χ0v) is 14.6. The van der Waals surface area contributed by atoms with Gasteiger partial charge in [0.1, 0.15) is 0 Å². The van der Waals surface area contributed by atoms with E-state index in [1.165, 1.54) is 0 Å². The highest BCUT2D eigenvalue weighted by atomic mass is 16.5. The summed E-state index contributed by atoms with van der Waals surface area (Å²) < 4.78 is 11.4. The van der Waals surface area contributed by atoms with Crippen LogP contribution in [0, 0.1) is 6.92 Å². The molecule has 0 fully saturated rings. The predicted octanol–water partition coefficient (Wildman–Crippen LogP) is 4.82. The zero-order chi connectivity index (χ0) is 17.4. The van der Waals surface area contributed by atoms with Crippen molar-refractivity contribution in [3.8, 4) is 11.5 Å². The molecule has 128 valence electrons. The van der Waals surface area contributed by atoms with Crippen LogP contribution in [0.15, 0.2) is 42.5 Å². The highest BCUT2D eigenvalue weighted by molar-refractivity contribution is 6.04. The Balaban J connectivity index is 2.12. The average Bonchev–Trinajstić information content (AvgIpc) is 2.58. The van der Waals surface area contributed by atoms with Crippen molar-refractivity contribution in [2.75, 3.05) is 18.5 Å². The third-order valence-corrected chi connectivity index (χ3v) is 3.57. The van der Waals surface area contributed by atoms with Crippen LogP contribution in [0.5, 0.6) is 11.5 Å². The summed E-state index contributed by atoms with van der Waals surface area (Å²) in [4.78, 5) is 12.4. The van der Waals surface area contributed by atoms with Crippen LogP contribution in [0.3, 0.4) is 0 Å². The molecule has 0 aromatic heterocycles. The molecule has 0 aliphatic rings. The van der Waals surface area contributed by atoms with Gasteiger partial charge in [0.2, 0.25) is 0 Å². The Morgan fingerprint density at radius 1 is 1.00 bits per heavy atom. The van der Waals surface area contributed by atoms with Crippen molar-refractivity contribution in [2.24, 2.45) is 0 Å². The minimum absolute atomic E-state index is 0.167. The molecule has 1 amide bonds. The van der Waals surface area contributed by atoms with E-state index < -0.39 is 0 Å². The van der Waals surface area contributed by atoms with Crippen LogP contribution in [0.4, 0.5) is 5.69 Å². The quantitative estimate of drug-likeness (QED) is 0.707. The number of amides is 1. The molecular formula is C20H25NO3. The molecule has 2 aromatic rings. The lowest BCUT2D eigenvalue weighted by Crippen LogP contribution is -2.12. The number of carbonyl (C=O) groups is 1. The first-order valence-electron chi connectivity index (χ1n) is 8.41. The molecule has 2 aromatic carbocycles. The molecule has 0 radical (unpaired) electrons. The van der Waals surface area contributed by atoms with Crippen LogP contribution in [-0.4, -0.2) is 19.1 Å². The molecule has 0 aliphatic heterocycles. The number of ether oxygens (including phenoxy) is 2. The Bertz CT molecular complexity index is 665. The van der Waals surface area contributed by atoms with Gasteiger partial charge in [-0.15, -0.1) is 0 Å². The standard InChI is InChI=1S/C20H25NO3/c1-4-6-13-24-18-12-9-16(14-19(18)23-5-2)20(22)21-17-10-7-15(3)8-11-17/h7-12,14H,4-6,13H2,1-3H3,(H,21,22). The maximum Gasteiger partial charge on any atom is 0.255 e. The van der Waals surface area contributed by atoms with Gasteiger partial charge in [-0.1, -0.05) is 31.0 Å². The monoisotopic (exact) mass is 327 g/mol. The van der Waals surface area contributed by atoms with Crippen molar-refractivity contribution in [3.05, 3.63) is 53.6 Å². The molecule has 4 heteroatoms. The number of anilines is 1. The fraction of sp³-hybridized carbons (Fsp3) is 0.350. The lowest BCUT2D eigenvalue weighted by atomic mass is 10.1. The lowest BCUT2D eigenvalue weighted by Gasteiger charge is -2.13. The maximum atomic E-state index is 12.4. The predicted molar refractivity (Wildman–Crippen MR) is 97.1 cm³/mol. The van der Waals surface area contributed by atoms with Gasteiger partial charge >= 0.3 is 0 Å². The van der Waals surface area contributed by atoms with Crippen LogP contribution in [0.1, 0.15) is 42.6 Å². The smallest absolute Gasteiger partial charge is 0.255 e. The highest BCUT2D eigenvalue weighted by Crippen LogP contribution is 2.29. The van der Waals surface area contributed by atoms with Crippen molar-refractivity contribution in [2.45, 2.75) is 33.6 Å². The van der Waals surface area contributed by atoms with Crippen LogP contribution in [0.25, 0.3) is 0 Å². The minimum atomic E-state index is -0.167. The van der Waals surface area contributed by atoms with E-state index >= 15 is 0 Å². The largest absolute Gasteiger partial charge is 0.490 e. The first kappa shape index (κ1) is 17.9. The van der Waals surface area contributed by atoms with Crippen molar-refractivity contribution in [1.29, 1.82) is 0 Å². The van der Waals surface area contributed by atoms with Crippen molar-refractivity contribution in [1.82, 2.24) is 0 Å². The van der Waals surface area contributed by atoms with Gasteiger partial charge in [-0.3, -0.25) is 4.79 Å². The second kappa shape index (κ2) is 8.96. The first-order chi connectivity index (χ1) is 11.6. The molecule has 1 N–H and O–H groups in total.